The normalized spacial score (nSPS) is 12.2. The van der Waals surface area contributed by atoms with Crippen LogP contribution in [-0.2, 0) is 9.53 Å². The average Bonchev–Trinajstić information content (AvgIpc) is 1.84. The highest BCUT2D eigenvalue weighted by Crippen LogP contribution is 1.96. The van der Waals surface area contributed by atoms with Gasteiger partial charge in [0.05, 0.1) is 13.0 Å². The zero-order chi connectivity index (χ0) is 6.57. The van der Waals surface area contributed by atoms with Gasteiger partial charge in [0, 0.05) is 0 Å². The number of rotatable bonds is 2. The maximum atomic E-state index is 10.4. The van der Waals surface area contributed by atoms with Gasteiger partial charge >= 0.3 is 5.97 Å². The SMILES string of the molecule is C=CC(C)C(=O)OC. The first-order valence-corrected chi connectivity index (χ1v) is 2.42. The number of hydrogen-bond acceptors (Lipinski definition) is 2. The van der Waals surface area contributed by atoms with Crippen molar-refractivity contribution in [3.8, 4) is 0 Å². The van der Waals surface area contributed by atoms with E-state index in [1.807, 2.05) is 0 Å². The quantitative estimate of drug-likeness (QED) is 0.395. The summed E-state index contributed by atoms with van der Waals surface area (Å²) in [5.41, 5.74) is 0. The van der Waals surface area contributed by atoms with Gasteiger partial charge in [-0.2, -0.15) is 0 Å². The summed E-state index contributed by atoms with van der Waals surface area (Å²) < 4.78 is 4.39. The number of methoxy groups -OCH3 is 1. The second-order valence-corrected chi connectivity index (χ2v) is 1.55. The van der Waals surface area contributed by atoms with E-state index >= 15 is 0 Å². The number of hydrogen-bond donors (Lipinski definition) is 0. The molecule has 0 fully saturated rings. The highest BCUT2D eigenvalue weighted by Gasteiger charge is 2.05. The molecule has 0 saturated carbocycles. The first-order chi connectivity index (χ1) is 3.72. The highest BCUT2D eigenvalue weighted by atomic mass is 16.5. The Morgan fingerprint density at radius 3 is 2.50 bits per heavy atom. The van der Waals surface area contributed by atoms with Crippen molar-refractivity contribution in [2.24, 2.45) is 5.92 Å². The van der Waals surface area contributed by atoms with E-state index in [0.717, 1.165) is 0 Å². The van der Waals surface area contributed by atoms with Gasteiger partial charge in [-0.25, -0.2) is 0 Å². The van der Waals surface area contributed by atoms with Gasteiger partial charge in [0.15, 0.2) is 0 Å². The van der Waals surface area contributed by atoms with Crippen molar-refractivity contribution in [1.82, 2.24) is 0 Å². The lowest BCUT2D eigenvalue weighted by atomic mass is 10.2. The van der Waals surface area contributed by atoms with Crippen molar-refractivity contribution < 1.29 is 9.53 Å². The van der Waals surface area contributed by atoms with Crippen LogP contribution >= 0.6 is 0 Å². The largest absolute Gasteiger partial charge is 0.469 e. The van der Waals surface area contributed by atoms with Crippen LogP contribution in [0.3, 0.4) is 0 Å². The summed E-state index contributed by atoms with van der Waals surface area (Å²) >= 11 is 0. The molecule has 0 radical (unpaired) electrons. The minimum absolute atomic E-state index is 0.181. The fourth-order valence-corrected chi connectivity index (χ4v) is 0.282. The summed E-state index contributed by atoms with van der Waals surface area (Å²) in [6.07, 6.45) is 1.55. The highest BCUT2D eigenvalue weighted by molar-refractivity contribution is 5.73. The van der Waals surface area contributed by atoms with Crippen molar-refractivity contribution >= 4 is 5.97 Å². The molecule has 1 unspecified atom stereocenters. The number of carbonyl (C=O) groups is 1. The smallest absolute Gasteiger partial charge is 0.312 e. The molecule has 0 aromatic heterocycles. The molecule has 0 amide bonds. The molecule has 0 aliphatic rings. The summed E-state index contributed by atoms with van der Waals surface area (Å²) in [5.74, 6) is -0.417. The molecule has 0 aromatic carbocycles. The lowest BCUT2D eigenvalue weighted by molar-refractivity contribution is -0.143. The van der Waals surface area contributed by atoms with Gasteiger partial charge in [-0.3, -0.25) is 4.79 Å². The Morgan fingerprint density at radius 2 is 2.38 bits per heavy atom. The van der Waals surface area contributed by atoms with Crippen LogP contribution in [0, 0.1) is 5.92 Å². The predicted octanol–water partition coefficient (Wildman–Crippen LogP) is 0.982. The molecule has 0 aliphatic heterocycles. The molecule has 2 nitrogen and oxygen atoms in total. The van der Waals surface area contributed by atoms with E-state index in [0.29, 0.717) is 0 Å². The van der Waals surface area contributed by atoms with Crippen LogP contribution in [-0.4, -0.2) is 13.1 Å². The predicted molar refractivity (Wildman–Crippen MR) is 31.4 cm³/mol. The third-order valence-electron chi connectivity index (χ3n) is 0.927. The summed E-state index contributed by atoms with van der Waals surface area (Å²) in [5, 5.41) is 0. The molecule has 0 aliphatic carbocycles. The van der Waals surface area contributed by atoms with Gasteiger partial charge in [-0.15, -0.1) is 6.58 Å². The van der Waals surface area contributed by atoms with Crippen molar-refractivity contribution in [2.75, 3.05) is 7.11 Å². The van der Waals surface area contributed by atoms with Crippen LogP contribution < -0.4 is 0 Å². The van der Waals surface area contributed by atoms with E-state index in [1.54, 1.807) is 13.0 Å². The molecule has 0 heterocycles. The molecule has 2 heteroatoms. The van der Waals surface area contributed by atoms with E-state index in [9.17, 15) is 4.79 Å². The molecule has 8 heavy (non-hydrogen) atoms. The third kappa shape index (κ3) is 1.78. The summed E-state index contributed by atoms with van der Waals surface area (Å²) in [6.45, 7) is 5.16. The molecule has 0 N–H and O–H groups in total. The Hall–Kier alpha value is -0.790. The Bertz CT molecular complexity index is 96.7. The monoisotopic (exact) mass is 114 g/mol. The van der Waals surface area contributed by atoms with Crippen molar-refractivity contribution in [2.45, 2.75) is 6.92 Å². The molecular formula is C6H10O2. The topological polar surface area (TPSA) is 26.3 Å². The van der Waals surface area contributed by atoms with Gasteiger partial charge < -0.3 is 4.74 Å². The molecule has 0 rings (SSSR count). The minimum Gasteiger partial charge on any atom is -0.469 e. The van der Waals surface area contributed by atoms with E-state index in [2.05, 4.69) is 11.3 Å². The molecule has 46 valence electrons. The fourth-order valence-electron chi connectivity index (χ4n) is 0.282. The Kier molecular flexibility index (Phi) is 2.92. The Morgan fingerprint density at radius 1 is 1.88 bits per heavy atom. The maximum Gasteiger partial charge on any atom is 0.312 e. The number of esters is 1. The van der Waals surface area contributed by atoms with E-state index in [-0.39, 0.29) is 11.9 Å². The number of ether oxygens (including phenoxy) is 1. The summed E-state index contributed by atoms with van der Waals surface area (Å²) in [4.78, 5) is 10.4. The third-order valence-corrected chi connectivity index (χ3v) is 0.927. The van der Waals surface area contributed by atoms with E-state index < -0.39 is 0 Å². The second-order valence-electron chi connectivity index (χ2n) is 1.55. The number of carbonyl (C=O) groups excluding carboxylic acids is 1. The minimum atomic E-state index is -0.236. The summed E-state index contributed by atoms with van der Waals surface area (Å²) in [6, 6.07) is 0. The zero-order valence-electron chi connectivity index (χ0n) is 5.18. The maximum absolute atomic E-state index is 10.4. The molecule has 0 saturated heterocycles. The zero-order valence-corrected chi connectivity index (χ0v) is 5.18. The van der Waals surface area contributed by atoms with Crippen LogP contribution in [0.1, 0.15) is 6.92 Å². The average molecular weight is 114 g/mol. The van der Waals surface area contributed by atoms with Crippen LogP contribution in [0.25, 0.3) is 0 Å². The van der Waals surface area contributed by atoms with Gasteiger partial charge in [0.2, 0.25) is 0 Å². The Labute approximate surface area is 49.1 Å². The molecule has 0 bridgehead atoms. The van der Waals surface area contributed by atoms with Crippen molar-refractivity contribution in [3.63, 3.8) is 0 Å². The standard InChI is InChI=1S/C6H10O2/c1-4-5(2)6(7)8-3/h4-5H,1H2,2-3H3. The van der Waals surface area contributed by atoms with Crippen LogP contribution in [0.15, 0.2) is 12.7 Å². The van der Waals surface area contributed by atoms with Crippen molar-refractivity contribution in [1.29, 1.82) is 0 Å². The second kappa shape index (κ2) is 3.24. The first kappa shape index (κ1) is 7.21. The fraction of sp³-hybridized carbons (Fsp3) is 0.500. The van der Waals surface area contributed by atoms with Crippen LogP contribution in [0.5, 0.6) is 0 Å². The van der Waals surface area contributed by atoms with Crippen LogP contribution in [0.4, 0.5) is 0 Å². The van der Waals surface area contributed by atoms with Crippen LogP contribution in [0.2, 0.25) is 0 Å². The lowest BCUT2D eigenvalue weighted by Gasteiger charge is -1.99. The molecule has 0 spiro atoms. The summed E-state index contributed by atoms with van der Waals surface area (Å²) in [7, 11) is 1.36. The lowest BCUT2D eigenvalue weighted by Crippen LogP contribution is -2.08. The Balaban J connectivity index is 3.62. The van der Waals surface area contributed by atoms with Gasteiger partial charge in [-0.1, -0.05) is 6.08 Å². The molecular weight excluding hydrogens is 104 g/mol. The van der Waals surface area contributed by atoms with Gasteiger partial charge in [-0.05, 0) is 6.92 Å². The molecule has 0 aromatic rings. The molecule has 1 atom stereocenters. The van der Waals surface area contributed by atoms with E-state index in [4.69, 9.17) is 0 Å². The van der Waals surface area contributed by atoms with Gasteiger partial charge in [0.25, 0.3) is 0 Å². The van der Waals surface area contributed by atoms with Gasteiger partial charge in [0.1, 0.15) is 0 Å². The first-order valence-electron chi connectivity index (χ1n) is 2.42. The van der Waals surface area contributed by atoms with E-state index in [1.165, 1.54) is 7.11 Å². The van der Waals surface area contributed by atoms with Crippen molar-refractivity contribution in [3.05, 3.63) is 12.7 Å².